The molecular weight excluding hydrogens is 230 g/mol. The van der Waals surface area contributed by atoms with Gasteiger partial charge in [0.25, 0.3) is 0 Å². The molecule has 1 aromatic rings. The van der Waals surface area contributed by atoms with Crippen LogP contribution in [0.5, 0.6) is 11.5 Å². The second kappa shape index (κ2) is 5.29. The van der Waals surface area contributed by atoms with Gasteiger partial charge in [-0.05, 0) is 30.5 Å². The van der Waals surface area contributed by atoms with Gasteiger partial charge in [0.05, 0.1) is 14.2 Å². The Kier molecular flexibility index (Phi) is 3.75. The molecule has 1 aliphatic carbocycles. The molecule has 1 aromatic carbocycles. The van der Waals surface area contributed by atoms with E-state index in [1.165, 1.54) is 0 Å². The third kappa shape index (κ3) is 2.75. The van der Waals surface area contributed by atoms with E-state index < -0.39 is 0 Å². The fourth-order valence-electron chi connectivity index (χ4n) is 1.97. The van der Waals surface area contributed by atoms with Gasteiger partial charge in [-0.3, -0.25) is 4.79 Å². The van der Waals surface area contributed by atoms with E-state index >= 15 is 0 Å². The van der Waals surface area contributed by atoms with Gasteiger partial charge in [-0.2, -0.15) is 0 Å². The van der Waals surface area contributed by atoms with E-state index in [0.717, 1.165) is 18.4 Å². The zero-order chi connectivity index (χ0) is 13.1. The summed E-state index contributed by atoms with van der Waals surface area (Å²) in [6.07, 6.45) is 2.07. The lowest BCUT2D eigenvalue weighted by Crippen LogP contribution is -2.27. The normalized spacial score (nSPS) is 14.2. The summed E-state index contributed by atoms with van der Waals surface area (Å²) in [5, 5.41) is 0. The smallest absolute Gasteiger partial charge is 0.225 e. The summed E-state index contributed by atoms with van der Waals surface area (Å²) < 4.78 is 10.4. The third-order valence-electron chi connectivity index (χ3n) is 3.17. The van der Waals surface area contributed by atoms with Gasteiger partial charge in [-0.25, -0.2) is 0 Å². The number of ether oxygens (including phenoxy) is 2. The fraction of sp³-hybridized carbons (Fsp3) is 0.500. The summed E-state index contributed by atoms with van der Waals surface area (Å²) >= 11 is 0. The number of carbonyl (C=O) groups is 1. The molecule has 1 aliphatic rings. The minimum atomic E-state index is 0.241. The lowest BCUT2D eigenvalue weighted by atomic mass is 10.2. The van der Waals surface area contributed by atoms with Crippen molar-refractivity contribution in [2.75, 3.05) is 21.3 Å². The average Bonchev–Trinajstić information content (AvgIpc) is 3.21. The van der Waals surface area contributed by atoms with Crippen LogP contribution in [0.25, 0.3) is 0 Å². The molecule has 98 valence electrons. The molecule has 2 rings (SSSR count). The van der Waals surface area contributed by atoms with Gasteiger partial charge >= 0.3 is 0 Å². The molecule has 1 saturated carbocycles. The predicted octanol–water partition coefficient (Wildman–Crippen LogP) is 2.07. The maximum atomic E-state index is 11.9. The molecule has 0 spiro atoms. The van der Waals surface area contributed by atoms with E-state index in [4.69, 9.17) is 9.47 Å². The molecular formula is C14H19NO3. The molecule has 0 heterocycles. The number of rotatable bonds is 5. The minimum Gasteiger partial charge on any atom is -0.493 e. The van der Waals surface area contributed by atoms with Gasteiger partial charge in [-0.1, -0.05) is 6.07 Å². The van der Waals surface area contributed by atoms with Crippen LogP contribution in [-0.2, 0) is 11.3 Å². The second-order valence-corrected chi connectivity index (χ2v) is 4.66. The van der Waals surface area contributed by atoms with E-state index in [2.05, 4.69) is 0 Å². The Morgan fingerprint density at radius 3 is 2.50 bits per heavy atom. The molecule has 0 saturated heterocycles. The second-order valence-electron chi connectivity index (χ2n) is 4.66. The van der Waals surface area contributed by atoms with Crippen molar-refractivity contribution < 1.29 is 14.3 Å². The molecule has 4 nitrogen and oxygen atoms in total. The van der Waals surface area contributed by atoms with Crippen LogP contribution in [0.2, 0.25) is 0 Å². The molecule has 0 bridgehead atoms. The number of hydrogen-bond donors (Lipinski definition) is 0. The van der Waals surface area contributed by atoms with Gasteiger partial charge in [-0.15, -0.1) is 0 Å². The molecule has 0 atom stereocenters. The summed E-state index contributed by atoms with van der Waals surface area (Å²) in [6, 6.07) is 5.73. The molecule has 0 aliphatic heterocycles. The van der Waals surface area contributed by atoms with Crippen molar-refractivity contribution in [3.63, 3.8) is 0 Å². The van der Waals surface area contributed by atoms with Crippen LogP contribution in [0.3, 0.4) is 0 Å². The van der Waals surface area contributed by atoms with Crippen molar-refractivity contribution in [2.24, 2.45) is 5.92 Å². The van der Waals surface area contributed by atoms with Gasteiger partial charge in [0, 0.05) is 19.5 Å². The van der Waals surface area contributed by atoms with Gasteiger partial charge in [0.2, 0.25) is 5.91 Å². The Labute approximate surface area is 107 Å². The van der Waals surface area contributed by atoms with E-state index in [-0.39, 0.29) is 11.8 Å². The Morgan fingerprint density at radius 2 is 1.94 bits per heavy atom. The van der Waals surface area contributed by atoms with Crippen molar-refractivity contribution in [3.8, 4) is 11.5 Å². The van der Waals surface area contributed by atoms with E-state index in [1.807, 2.05) is 25.2 Å². The number of amides is 1. The Balaban J connectivity index is 2.06. The summed E-state index contributed by atoms with van der Waals surface area (Å²) in [5.74, 6) is 1.90. The number of methoxy groups -OCH3 is 2. The Bertz CT molecular complexity index is 441. The topological polar surface area (TPSA) is 38.8 Å². The molecule has 0 unspecified atom stereocenters. The highest BCUT2D eigenvalue weighted by Gasteiger charge is 2.31. The third-order valence-corrected chi connectivity index (χ3v) is 3.17. The Morgan fingerprint density at radius 1 is 1.28 bits per heavy atom. The zero-order valence-corrected chi connectivity index (χ0v) is 11.1. The van der Waals surface area contributed by atoms with Crippen LogP contribution in [0.4, 0.5) is 0 Å². The summed E-state index contributed by atoms with van der Waals surface area (Å²) in [5.41, 5.74) is 1.05. The maximum Gasteiger partial charge on any atom is 0.225 e. The fourth-order valence-corrected chi connectivity index (χ4v) is 1.97. The van der Waals surface area contributed by atoms with Gasteiger partial charge < -0.3 is 14.4 Å². The summed E-state index contributed by atoms with van der Waals surface area (Å²) in [4.78, 5) is 13.6. The summed E-state index contributed by atoms with van der Waals surface area (Å²) in [7, 11) is 5.07. The van der Waals surface area contributed by atoms with Crippen LogP contribution in [0.15, 0.2) is 18.2 Å². The standard InChI is InChI=1S/C14H19NO3/c1-15(14(16)11-5-6-11)9-10-4-7-12(17-2)13(8-10)18-3/h4,7-8,11H,5-6,9H2,1-3H3. The first-order chi connectivity index (χ1) is 8.65. The zero-order valence-electron chi connectivity index (χ0n) is 11.1. The average molecular weight is 249 g/mol. The molecule has 1 fully saturated rings. The van der Waals surface area contributed by atoms with Crippen molar-refractivity contribution in [3.05, 3.63) is 23.8 Å². The van der Waals surface area contributed by atoms with Crippen LogP contribution in [0, 0.1) is 5.92 Å². The molecule has 0 aromatic heterocycles. The molecule has 0 N–H and O–H groups in total. The van der Waals surface area contributed by atoms with Gasteiger partial charge in [0.1, 0.15) is 0 Å². The highest BCUT2D eigenvalue weighted by Crippen LogP contribution is 2.32. The quantitative estimate of drug-likeness (QED) is 0.802. The van der Waals surface area contributed by atoms with Crippen LogP contribution in [0.1, 0.15) is 18.4 Å². The number of carbonyl (C=O) groups excluding carboxylic acids is 1. The van der Waals surface area contributed by atoms with Crippen molar-refractivity contribution in [2.45, 2.75) is 19.4 Å². The van der Waals surface area contributed by atoms with Crippen LogP contribution < -0.4 is 9.47 Å². The monoisotopic (exact) mass is 249 g/mol. The number of benzene rings is 1. The maximum absolute atomic E-state index is 11.9. The number of nitrogens with zero attached hydrogens (tertiary/aromatic N) is 1. The van der Waals surface area contributed by atoms with E-state index in [1.54, 1.807) is 19.1 Å². The van der Waals surface area contributed by atoms with Crippen molar-refractivity contribution >= 4 is 5.91 Å². The highest BCUT2D eigenvalue weighted by molar-refractivity contribution is 5.80. The molecule has 0 radical (unpaired) electrons. The minimum absolute atomic E-state index is 0.241. The molecule has 4 heteroatoms. The predicted molar refractivity (Wildman–Crippen MR) is 68.7 cm³/mol. The van der Waals surface area contributed by atoms with Crippen molar-refractivity contribution in [1.29, 1.82) is 0 Å². The van der Waals surface area contributed by atoms with Crippen molar-refractivity contribution in [1.82, 2.24) is 4.90 Å². The lowest BCUT2D eigenvalue weighted by Gasteiger charge is -2.18. The highest BCUT2D eigenvalue weighted by atomic mass is 16.5. The van der Waals surface area contributed by atoms with Crippen LogP contribution in [-0.4, -0.2) is 32.1 Å². The lowest BCUT2D eigenvalue weighted by molar-refractivity contribution is -0.131. The van der Waals surface area contributed by atoms with Gasteiger partial charge in [0.15, 0.2) is 11.5 Å². The summed E-state index contributed by atoms with van der Waals surface area (Å²) in [6.45, 7) is 0.607. The number of hydrogen-bond acceptors (Lipinski definition) is 3. The first-order valence-electron chi connectivity index (χ1n) is 6.11. The molecule has 1 amide bonds. The Hall–Kier alpha value is -1.71. The van der Waals surface area contributed by atoms with E-state index in [9.17, 15) is 4.79 Å². The van der Waals surface area contributed by atoms with Crippen LogP contribution >= 0.6 is 0 Å². The van der Waals surface area contributed by atoms with E-state index in [0.29, 0.717) is 18.0 Å². The first-order valence-corrected chi connectivity index (χ1v) is 6.11. The largest absolute Gasteiger partial charge is 0.493 e. The SMILES string of the molecule is COc1ccc(CN(C)C(=O)C2CC2)cc1OC. The first kappa shape index (κ1) is 12.7. The molecule has 18 heavy (non-hydrogen) atoms.